The van der Waals surface area contributed by atoms with Gasteiger partial charge in [-0.2, -0.15) is 0 Å². The van der Waals surface area contributed by atoms with Crippen LogP contribution in [0.25, 0.3) is 0 Å². The van der Waals surface area contributed by atoms with E-state index in [9.17, 15) is 9.90 Å². The fraction of sp³-hybridized carbons (Fsp3) is 0.235. The van der Waals surface area contributed by atoms with Gasteiger partial charge in [0.15, 0.2) is 0 Å². The van der Waals surface area contributed by atoms with E-state index in [1.165, 1.54) is 11.8 Å². The van der Waals surface area contributed by atoms with E-state index in [0.29, 0.717) is 11.4 Å². The van der Waals surface area contributed by atoms with Crippen molar-refractivity contribution in [1.82, 2.24) is 0 Å². The minimum atomic E-state index is -1.44. The van der Waals surface area contributed by atoms with Crippen molar-refractivity contribution in [2.45, 2.75) is 19.3 Å². The zero-order valence-electron chi connectivity index (χ0n) is 12.2. The predicted molar refractivity (Wildman–Crippen MR) is 81.7 cm³/mol. The average molecular weight is 299 g/mol. The predicted octanol–water partition coefficient (Wildman–Crippen LogP) is 2.93. The molecule has 22 heavy (non-hydrogen) atoms. The first-order valence-electron chi connectivity index (χ1n) is 7.04. The van der Waals surface area contributed by atoms with Gasteiger partial charge in [-0.3, -0.25) is 4.90 Å². The van der Waals surface area contributed by atoms with Crippen LogP contribution in [0.5, 0.6) is 5.75 Å². The molecule has 3 rings (SSSR count). The van der Waals surface area contributed by atoms with Crippen LogP contribution in [0, 0.1) is 0 Å². The van der Waals surface area contributed by atoms with E-state index in [4.69, 9.17) is 9.47 Å². The fourth-order valence-electron chi connectivity index (χ4n) is 2.37. The van der Waals surface area contributed by atoms with Crippen LogP contribution >= 0.6 is 0 Å². The smallest absolute Gasteiger partial charge is 0.414 e. The average Bonchev–Trinajstić information content (AvgIpc) is 2.52. The molecular weight excluding hydrogens is 282 g/mol. The van der Waals surface area contributed by atoms with Crippen molar-refractivity contribution in [1.29, 1.82) is 0 Å². The minimum Gasteiger partial charge on any atom is -0.459 e. The van der Waals surface area contributed by atoms with Gasteiger partial charge >= 0.3 is 6.09 Å². The van der Waals surface area contributed by atoms with Gasteiger partial charge in [-0.15, -0.1) is 0 Å². The lowest BCUT2D eigenvalue weighted by molar-refractivity contribution is -0.118. The van der Waals surface area contributed by atoms with E-state index in [-0.39, 0.29) is 13.2 Å². The van der Waals surface area contributed by atoms with E-state index in [0.717, 1.165) is 5.56 Å². The minimum absolute atomic E-state index is 0.0115. The number of fused-ring (bicyclic) bond motifs is 1. The molecule has 0 saturated carbocycles. The number of aliphatic hydroxyl groups is 1. The van der Waals surface area contributed by atoms with Gasteiger partial charge in [0.05, 0.1) is 12.2 Å². The number of carbonyl (C=O) groups is 1. The van der Waals surface area contributed by atoms with Gasteiger partial charge in [-0.05, 0) is 17.7 Å². The highest BCUT2D eigenvalue weighted by Crippen LogP contribution is 2.36. The molecule has 0 saturated heterocycles. The second kappa shape index (κ2) is 5.69. The summed E-state index contributed by atoms with van der Waals surface area (Å²) >= 11 is 0. The lowest BCUT2D eigenvalue weighted by Crippen LogP contribution is -2.51. The molecule has 0 radical (unpaired) electrons. The number of carbonyl (C=O) groups excluding carboxylic acids is 1. The van der Waals surface area contributed by atoms with Crippen LogP contribution in [-0.4, -0.2) is 23.5 Å². The molecule has 114 valence electrons. The van der Waals surface area contributed by atoms with Crippen LogP contribution in [0.4, 0.5) is 10.5 Å². The zero-order valence-corrected chi connectivity index (χ0v) is 12.2. The number of ether oxygens (including phenoxy) is 2. The fourth-order valence-corrected chi connectivity index (χ4v) is 2.37. The summed E-state index contributed by atoms with van der Waals surface area (Å²) in [6.45, 7) is 1.71. The van der Waals surface area contributed by atoms with Crippen molar-refractivity contribution < 1.29 is 19.4 Å². The molecule has 1 unspecified atom stereocenters. The molecule has 1 N–H and O–H groups in total. The molecule has 2 aromatic carbocycles. The second-order valence-corrected chi connectivity index (χ2v) is 5.37. The number of β-amino-alcohol motifs (C(OH)–C–C–N with tert-alkyl or cyclic N) is 1. The van der Waals surface area contributed by atoms with Crippen molar-refractivity contribution in [2.24, 2.45) is 0 Å². The number of nitrogens with zero attached hydrogens (tertiary/aromatic N) is 1. The standard InChI is InChI=1S/C17H17NO4/c1-17(20)12-18(14-9-5-6-10-15(14)22-17)16(19)21-11-13-7-3-2-4-8-13/h2-10,20H,11-12H2,1H3. The van der Waals surface area contributed by atoms with E-state index >= 15 is 0 Å². The third-order valence-corrected chi connectivity index (χ3v) is 3.36. The summed E-state index contributed by atoms with van der Waals surface area (Å²) in [7, 11) is 0. The molecule has 0 fully saturated rings. The summed E-state index contributed by atoms with van der Waals surface area (Å²) in [5.74, 6) is -0.990. The molecule has 0 aliphatic carbocycles. The first-order valence-corrected chi connectivity index (χ1v) is 7.04. The Morgan fingerprint density at radius 3 is 2.68 bits per heavy atom. The molecule has 0 bridgehead atoms. The van der Waals surface area contributed by atoms with Crippen LogP contribution in [0.1, 0.15) is 12.5 Å². The quantitative estimate of drug-likeness (QED) is 0.926. The van der Waals surface area contributed by atoms with E-state index in [2.05, 4.69) is 0 Å². The summed E-state index contributed by atoms with van der Waals surface area (Å²) in [4.78, 5) is 13.7. The molecule has 1 amide bonds. The molecule has 1 heterocycles. The SMILES string of the molecule is CC1(O)CN(C(=O)OCc2ccccc2)c2ccccc2O1. The molecule has 0 aromatic heterocycles. The topological polar surface area (TPSA) is 59.0 Å². The highest BCUT2D eigenvalue weighted by Gasteiger charge is 2.37. The normalized spacial score (nSPS) is 20.0. The first-order chi connectivity index (χ1) is 10.6. The maximum Gasteiger partial charge on any atom is 0.414 e. The van der Waals surface area contributed by atoms with Gasteiger partial charge in [0, 0.05) is 6.92 Å². The van der Waals surface area contributed by atoms with Crippen molar-refractivity contribution in [2.75, 3.05) is 11.4 Å². The van der Waals surface area contributed by atoms with Gasteiger partial charge < -0.3 is 14.6 Å². The Morgan fingerprint density at radius 2 is 1.91 bits per heavy atom. The highest BCUT2D eigenvalue weighted by atomic mass is 16.6. The molecule has 5 heteroatoms. The van der Waals surface area contributed by atoms with Gasteiger partial charge in [0.2, 0.25) is 5.79 Å². The Bertz CT molecular complexity index is 669. The summed E-state index contributed by atoms with van der Waals surface area (Å²) in [5.41, 5.74) is 1.50. The zero-order chi connectivity index (χ0) is 15.6. The van der Waals surface area contributed by atoms with Gasteiger partial charge in [-0.25, -0.2) is 4.79 Å². The van der Waals surface area contributed by atoms with Crippen molar-refractivity contribution >= 4 is 11.8 Å². The second-order valence-electron chi connectivity index (χ2n) is 5.37. The van der Waals surface area contributed by atoms with E-state index in [1.807, 2.05) is 30.3 Å². The Balaban J connectivity index is 1.77. The third-order valence-electron chi connectivity index (χ3n) is 3.36. The summed E-state index contributed by atoms with van der Waals surface area (Å²) in [5, 5.41) is 10.2. The number of anilines is 1. The van der Waals surface area contributed by atoms with E-state index in [1.54, 1.807) is 24.3 Å². The van der Waals surface area contributed by atoms with E-state index < -0.39 is 11.9 Å². The van der Waals surface area contributed by atoms with Crippen LogP contribution in [0.2, 0.25) is 0 Å². The molecule has 1 aliphatic rings. The number of rotatable bonds is 2. The third kappa shape index (κ3) is 3.04. The van der Waals surface area contributed by atoms with Gasteiger partial charge in [0.25, 0.3) is 0 Å². The molecule has 2 aromatic rings. The molecule has 0 spiro atoms. The number of hydrogen-bond donors (Lipinski definition) is 1. The summed E-state index contributed by atoms with van der Waals surface area (Å²) < 4.78 is 10.8. The molecular formula is C17H17NO4. The molecule has 1 atom stereocenters. The highest BCUT2D eigenvalue weighted by molar-refractivity contribution is 5.90. The monoisotopic (exact) mass is 299 g/mol. The lowest BCUT2D eigenvalue weighted by atomic mass is 10.2. The van der Waals surface area contributed by atoms with Crippen molar-refractivity contribution in [3.63, 3.8) is 0 Å². The molecule has 1 aliphatic heterocycles. The van der Waals surface area contributed by atoms with Gasteiger partial charge in [-0.1, -0.05) is 42.5 Å². The summed E-state index contributed by atoms with van der Waals surface area (Å²) in [6, 6.07) is 16.5. The van der Waals surface area contributed by atoms with Crippen LogP contribution in [0.15, 0.2) is 54.6 Å². The lowest BCUT2D eigenvalue weighted by Gasteiger charge is -2.37. The maximum absolute atomic E-state index is 12.4. The number of para-hydroxylation sites is 2. The number of amides is 1. The van der Waals surface area contributed by atoms with Crippen LogP contribution in [0.3, 0.4) is 0 Å². The van der Waals surface area contributed by atoms with Crippen LogP contribution < -0.4 is 9.64 Å². The number of hydrogen-bond acceptors (Lipinski definition) is 4. The maximum atomic E-state index is 12.4. The van der Waals surface area contributed by atoms with Crippen molar-refractivity contribution in [3.05, 3.63) is 60.2 Å². The van der Waals surface area contributed by atoms with Crippen LogP contribution in [-0.2, 0) is 11.3 Å². The largest absolute Gasteiger partial charge is 0.459 e. The Kier molecular flexibility index (Phi) is 3.73. The van der Waals surface area contributed by atoms with Gasteiger partial charge in [0.1, 0.15) is 12.4 Å². The molecule has 5 nitrogen and oxygen atoms in total. The number of benzene rings is 2. The van der Waals surface area contributed by atoms with Crippen molar-refractivity contribution in [3.8, 4) is 5.75 Å². The Hall–Kier alpha value is -2.53. The Labute approximate surface area is 128 Å². The first kappa shape index (κ1) is 14.4. The Morgan fingerprint density at radius 1 is 1.23 bits per heavy atom. The summed E-state index contributed by atoms with van der Waals surface area (Å²) in [6.07, 6.45) is -0.514.